The molecular formula is C16H14FNO2. The van der Waals surface area contributed by atoms with E-state index < -0.39 is 5.82 Å². The highest BCUT2D eigenvalue weighted by molar-refractivity contribution is 6.04. The summed E-state index contributed by atoms with van der Waals surface area (Å²) in [6, 6.07) is 12.7. The molecule has 2 aromatic carbocycles. The Labute approximate surface area is 116 Å². The van der Waals surface area contributed by atoms with E-state index in [9.17, 15) is 9.18 Å². The van der Waals surface area contributed by atoms with Crippen LogP contribution in [0.1, 0.15) is 10.4 Å². The van der Waals surface area contributed by atoms with Crippen LogP contribution in [0, 0.1) is 5.82 Å². The van der Waals surface area contributed by atoms with Gasteiger partial charge in [-0.05, 0) is 30.3 Å². The van der Waals surface area contributed by atoms with E-state index in [0.29, 0.717) is 17.9 Å². The summed E-state index contributed by atoms with van der Waals surface area (Å²) in [6.07, 6.45) is 1.62. The summed E-state index contributed by atoms with van der Waals surface area (Å²) in [5, 5.41) is 2.52. The average Bonchev–Trinajstić information content (AvgIpc) is 2.48. The van der Waals surface area contributed by atoms with E-state index in [0.717, 1.165) is 0 Å². The number of hydrogen-bond donors (Lipinski definition) is 1. The summed E-state index contributed by atoms with van der Waals surface area (Å²) in [5.41, 5.74) is 0.546. The van der Waals surface area contributed by atoms with Gasteiger partial charge in [0.25, 0.3) is 5.91 Å². The Morgan fingerprint density at radius 2 is 2.05 bits per heavy atom. The van der Waals surface area contributed by atoms with Gasteiger partial charge in [-0.25, -0.2) is 4.39 Å². The first-order chi connectivity index (χ1) is 9.70. The van der Waals surface area contributed by atoms with Crippen molar-refractivity contribution in [3.63, 3.8) is 0 Å². The summed E-state index contributed by atoms with van der Waals surface area (Å²) in [4.78, 5) is 12.0. The molecule has 0 heterocycles. The fraction of sp³-hybridized carbons (Fsp3) is 0.0625. The molecule has 4 heteroatoms. The smallest absolute Gasteiger partial charge is 0.255 e. The van der Waals surface area contributed by atoms with Gasteiger partial charge in [0.15, 0.2) is 0 Å². The van der Waals surface area contributed by atoms with E-state index in [1.54, 1.807) is 42.5 Å². The Kier molecular flexibility index (Phi) is 4.50. The zero-order valence-electron chi connectivity index (χ0n) is 10.8. The van der Waals surface area contributed by atoms with Crippen LogP contribution in [0.3, 0.4) is 0 Å². The van der Waals surface area contributed by atoms with E-state index in [4.69, 9.17) is 4.74 Å². The fourth-order valence-electron chi connectivity index (χ4n) is 1.64. The maximum absolute atomic E-state index is 13.5. The molecule has 0 atom stereocenters. The van der Waals surface area contributed by atoms with Gasteiger partial charge in [0.05, 0.1) is 5.69 Å². The lowest BCUT2D eigenvalue weighted by Crippen LogP contribution is -2.13. The molecule has 0 saturated heterocycles. The Morgan fingerprint density at radius 3 is 2.80 bits per heavy atom. The SMILES string of the molecule is C=CCOc1cccc(C(=O)Nc2ccccc2F)c1. The number of nitrogens with one attached hydrogen (secondary N) is 1. The topological polar surface area (TPSA) is 38.3 Å². The molecule has 2 rings (SSSR count). The third-order valence-electron chi connectivity index (χ3n) is 2.59. The molecule has 102 valence electrons. The number of halogens is 1. The molecule has 0 bridgehead atoms. The van der Waals surface area contributed by atoms with Gasteiger partial charge in [0.2, 0.25) is 0 Å². The number of carbonyl (C=O) groups is 1. The van der Waals surface area contributed by atoms with Gasteiger partial charge in [0, 0.05) is 5.56 Å². The van der Waals surface area contributed by atoms with Crippen molar-refractivity contribution in [1.82, 2.24) is 0 Å². The van der Waals surface area contributed by atoms with Crippen LogP contribution in [-0.2, 0) is 0 Å². The molecule has 0 radical (unpaired) electrons. The van der Waals surface area contributed by atoms with Crippen LogP contribution < -0.4 is 10.1 Å². The Bertz CT molecular complexity index is 625. The van der Waals surface area contributed by atoms with Gasteiger partial charge in [-0.15, -0.1) is 0 Å². The second kappa shape index (κ2) is 6.52. The lowest BCUT2D eigenvalue weighted by molar-refractivity contribution is 0.102. The summed E-state index contributed by atoms with van der Waals surface area (Å²) in [7, 11) is 0. The zero-order valence-corrected chi connectivity index (χ0v) is 10.8. The van der Waals surface area contributed by atoms with E-state index >= 15 is 0 Å². The summed E-state index contributed by atoms with van der Waals surface area (Å²) in [6.45, 7) is 3.91. The van der Waals surface area contributed by atoms with Crippen LogP contribution in [0.15, 0.2) is 61.2 Å². The average molecular weight is 271 g/mol. The predicted octanol–water partition coefficient (Wildman–Crippen LogP) is 3.64. The first-order valence-corrected chi connectivity index (χ1v) is 6.10. The van der Waals surface area contributed by atoms with Gasteiger partial charge >= 0.3 is 0 Å². The Hall–Kier alpha value is -2.62. The first kappa shape index (κ1) is 13.8. The second-order valence-corrected chi connectivity index (χ2v) is 4.06. The highest BCUT2D eigenvalue weighted by Gasteiger charge is 2.09. The van der Waals surface area contributed by atoms with E-state index in [1.165, 1.54) is 12.1 Å². The van der Waals surface area contributed by atoms with Crippen molar-refractivity contribution < 1.29 is 13.9 Å². The Balaban J connectivity index is 2.13. The van der Waals surface area contributed by atoms with E-state index in [2.05, 4.69) is 11.9 Å². The first-order valence-electron chi connectivity index (χ1n) is 6.10. The fourth-order valence-corrected chi connectivity index (χ4v) is 1.64. The molecule has 0 aliphatic rings. The van der Waals surface area contributed by atoms with Crippen LogP contribution in [0.25, 0.3) is 0 Å². The molecular weight excluding hydrogens is 257 g/mol. The van der Waals surface area contributed by atoms with Crippen LogP contribution in [0.4, 0.5) is 10.1 Å². The largest absolute Gasteiger partial charge is 0.490 e. The lowest BCUT2D eigenvalue weighted by Gasteiger charge is -2.08. The van der Waals surface area contributed by atoms with Crippen molar-refractivity contribution in [1.29, 1.82) is 0 Å². The molecule has 0 saturated carbocycles. The van der Waals surface area contributed by atoms with Gasteiger partial charge in [-0.3, -0.25) is 4.79 Å². The molecule has 0 spiro atoms. The summed E-state index contributed by atoms with van der Waals surface area (Å²) in [5.74, 6) is -0.301. The highest BCUT2D eigenvalue weighted by atomic mass is 19.1. The molecule has 1 N–H and O–H groups in total. The highest BCUT2D eigenvalue weighted by Crippen LogP contribution is 2.17. The van der Waals surface area contributed by atoms with Gasteiger partial charge < -0.3 is 10.1 Å². The van der Waals surface area contributed by atoms with Crippen molar-refractivity contribution in [2.75, 3.05) is 11.9 Å². The number of para-hydroxylation sites is 1. The van der Waals surface area contributed by atoms with Crippen molar-refractivity contribution >= 4 is 11.6 Å². The number of benzene rings is 2. The van der Waals surface area contributed by atoms with Gasteiger partial charge in [-0.2, -0.15) is 0 Å². The Morgan fingerprint density at radius 1 is 1.25 bits per heavy atom. The monoisotopic (exact) mass is 271 g/mol. The van der Waals surface area contributed by atoms with Crippen molar-refractivity contribution in [2.45, 2.75) is 0 Å². The number of anilines is 1. The zero-order chi connectivity index (χ0) is 14.4. The summed E-state index contributed by atoms with van der Waals surface area (Å²) >= 11 is 0. The molecule has 2 aromatic rings. The quantitative estimate of drug-likeness (QED) is 0.843. The third kappa shape index (κ3) is 3.45. The minimum Gasteiger partial charge on any atom is -0.490 e. The molecule has 1 amide bonds. The third-order valence-corrected chi connectivity index (χ3v) is 2.59. The molecule has 0 fully saturated rings. The van der Waals surface area contributed by atoms with E-state index in [1.807, 2.05) is 0 Å². The van der Waals surface area contributed by atoms with Crippen molar-refractivity contribution in [3.8, 4) is 5.75 Å². The summed E-state index contributed by atoms with van der Waals surface area (Å²) < 4.78 is 18.8. The molecule has 0 aliphatic carbocycles. The second-order valence-electron chi connectivity index (χ2n) is 4.06. The minimum absolute atomic E-state index is 0.148. The minimum atomic E-state index is -0.472. The van der Waals surface area contributed by atoms with Crippen molar-refractivity contribution in [3.05, 3.63) is 72.6 Å². The molecule has 3 nitrogen and oxygen atoms in total. The maximum Gasteiger partial charge on any atom is 0.255 e. The lowest BCUT2D eigenvalue weighted by atomic mass is 10.2. The molecule has 0 unspecified atom stereocenters. The number of ether oxygens (including phenoxy) is 1. The van der Waals surface area contributed by atoms with Crippen LogP contribution >= 0.6 is 0 Å². The molecule has 20 heavy (non-hydrogen) atoms. The standard InChI is InChI=1S/C16H14FNO2/c1-2-10-20-13-7-5-6-12(11-13)16(19)18-15-9-4-3-8-14(15)17/h2-9,11H,1,10H2,(H,18,19). The number of hydrogen-bond acceptors (Lipinski definition) is 2. The van der Waals surface area contributed by atoms with E-state index in [-0.39, 0.29) is 11.6 Å². The van der Waals surface area contributed by atoms with Crippen LogP contribution in [0.5, 0.6) is 5.75 Å². The van der Waals surface area contributed by atoms with Crippen LogP contribution in [0.2, 0.25) is 0 Å². The number of amides is 1. The van der Waals surface area contributed by atoms with Crippen LogP contribution in [-0.4, -0.2) is 12.5 Å². The predicted molar refractivity (Wildman–Crippen MR) is 76.5 cm³/mol. The van der Waals surface area contributed by atoms with Crippen molar-refractivity contribution in [2.24, 2.45) is 0 Å². The number of rotatable bonds is 5. The normalized spacial score (nSPS) is 9.85. The number of carbonyl (C=O) groups excluding carboxylic acids is 1. The maximum atomic E-state index is 13.5. The molecule has 0 aliphatic heterocycles. The van der Waals surface area contributed by atoms with Gasteiger partial charge in [-0.1, -0.05) is 30.9 Å². The van der Waals surface area contributed by atoms with Gasteiger partial charge in [0.1, 0.15) is 18.2 Å². The molecule has 0 aromatic heterocycles.